The first-order valence-electron chi connectivity index (χ1n) is 2.77. The fourth-order valence-corrected chi connectivity index (χ4v) is 0.869. The van der Waals surface area contributed by atoms with Gasteiger partial charge in [0.1, 0.15) is 0 Å². The van der Waals surface area contributed by atoms with Crippen molar-refractivity contribution < 1.29 is 28.0 Å². The van der Waals surface area contributed by atoms with Crippen LogP contribution in [0.5, 0.6) is 0 Å². The van der Waals surface area contributed by atoms with Crippen LogP contribution < -0.4 is 18.1 Å². The number of carbonyl (C=O) groups is 1. The van der Waals surface area contributed by atoms with Crippen LogP contribution in [0.15, 0.2) is 0 Å². The van der Waals surface area contributed by atoms with Gasteiger partial charge in [-0.3, -0.25) is 4.79 Å². The van der Waals surface area contributed by atoms with E-state index in [4.69, 9.17) is 5.11 Å². The third-order valence-corrected chi connectivity index (χ3v) is 1.61. The van der Waals surface area contributed by atoms with Crippen molar-refractivity contribution in [2.24, 2.45) is 11.8 Å². The molecule has 0 heterocycles. The predicted octanol–water partition coefficient (Wildman–Crippen LogP) is -4.05. The second-order valence-electron chi connectivity index (χ2n) is 2.23. The second kappa shape index (κ2) is 3.03. The quantitative estimate of drug-likeness (QED) is 0.422. The summed E-state index contributed by atoms with van der Waals surface area (Å²) in [5, 5.41) is 8.33. The van der Waals surface area contributed by atoms with Crippen molar-refractivity contribution in [2.45, 2.75) is 6.42 Å². The lowest BCUT2D eigenvalue weighted by atomic mass is 10.3. The molecule has 0 spiro atoms. The van der Waals surface area contributed by atoms with Crippen LogP contribution in [0, 0.1) is 11.8 Å². The Kier molecular flexibility index (Phi) is 2.94. The fraction of sp³-hybridized carbons (Fsp3) is 0.800. The van der Waals surface area contributed by atoms with Crippen LogP contribution >= 0.6 is 0 Å². The monoisotopic (exact) mass is 151 g/mol. The molecule has 54 valence electrons. The lowest BCUT2D eigenvalue weighted by Crippen LogP contribution is -3.00. The normalized spacial score (nSPS) is 30.8. The van der Waals surface area contributed by atoms with E-state index in [9.17, 15) is 4.79 Å². The molecule has 3 nitrogen and oxygen atoms in total. The Morgan fingerprint density at radius 2 is 2.33 bits per heavy atom. The summed E-state index contributed by atoms with van der Waals surface area (Å²) in [6.07, 6.45) is 0.846. The van der Waals surface area contributed by atoms with Crippen LogP contribution in [0.3, 0.4) is 0 Å². The number of hydrogen-bond acceptors (Lipinski definition) is 1. The Hall–Kier alpha value is -0.280. The second-order valence-corrected chi connectivity index (χ2v) is 2.23. The summed E-state index contributed by atoms with van der Waals surface area (Å²) >= 11 is 0. The molecule has 0 bridgehead atoms. The molecule has 0 radical (unpaired) electrons. The minimum Gasteiger partial charge on any atom is -1.00 e. The predicted molar refractivity (Wildman–Crippen MR) is 27.0 cm³/mol. The van der Waals surface area contributed by atoms with Gasteiger partial charge in [-0.1, -0.05) is 0 Å². The zero-order valence-corrected chi connectivity index (χ0v) is 5.77. The van der Waals surface area contributed by atoms with Crippen molar-refractivity contribution in [1.29, 1.82) is 0 Å². The van der Waals surface area contributed by atoms with Gasteiger partial charge in [-0.2, -0.15) is 0 Å². The number of quaternary nitrogens is 1. The van der Waals surface area contributed by atoms with E-state index in [0.29, 0.717) is 5.92 Å². The van der Waals surface area contributed by atoms with Crippen molar-refractivity contribution in [3.05, 3.63) is 0 Å². The van der Waals surface area contributed by atoms with Crippen molar-refractivity contribution in [2.75, 3.05) is 6.54 Å². The number of rotatable bonds is 2. The van der Waals surface area contributed by atoms with Crippen LogP contribution in [0.2, 0.25) is 0 Å². The third kappa shape index (κ3) is 1.84. The van der Waals surface area contributed by atoms with Gasteiger partial charge in [0.25, 0.3) is 0 Å². The lowest BCUT2D eigenvalue weighted by Gasteiger charge is -1.83. The third-order valence-electron chi connectivity index (χ3n) is 1.61. The molecule has 0 aromatic rings. The Morgan fingerprint density at radius 3 is 2.44 bits per heavy atom. The van der Waals surface area contributed by atoms with Gasteiger partial charge in [0.2, 0.25) is 0 Å². The van der Waals surface area contributed by atoms with E-state index in [1.165, 1.54) is 0 Å². The van der Waals surface area contributed by atoms with Gasteiger partial charge in [0.15, 0.2) is 0 Å². The van der Waals surface area contributed by atoms with E-state index in [-0.39, 0.29) is 18.3 Å². The zero-order chi connectivity index (χ0) is 6.15. The minimum atomic E-state index is -0.654. The molecule has 1 saturated carbocycles. The fourth-order valence-electron chi connectivity index (χ4n) is 0.869. The minimum absolute atomic E-state index is 0. The molecule has 4 N–H and O–H groups in total. The van der Waals surface area contributed by atoms with Crippen LogP contribution in [-0.4, -0.2) is 17.6 Å². The highest BCUT2D eigenvalue weighted by Crippen LogP contribution is 2.36. The maximum atomic E-state index is 10.1. The molecule has 1 aliphatic rings. The van der Waals surface area contributed by atoms with Gasteiger partial charge in [0, 0.05) is 5.92 Å². The van der Waals surface area contributed by atoms with Crippen LogP contribution in [0.1, 0.15) is 6.42 Å². The molecular weight excluding hydrogens is 142 g/mol. The average molecular weight is 152 g/mol. The Labute approximate surface area is 59.6 Å². The van der Waals surface area contributed by atoms with Crippen molar-refractivity contribution in [1.82, 2.24) is 0 Å². The van der Waals surface area contributed by atoms with E-state index >= 15 is 0 Å². The maximum absolute atomic E-state index is 10.1. The molecule has 4 heteroatoms. The van der Waals surface area contributed by atoms with Crippen LogP contribution in [0.4, 0.5) is 0 Å². The molecule has 1 aliphatic carbocycles. The molecule has 0 saturated heterocycles. The van der Waals surface area contributed by atoms with Gasteiger partial charge in [-0.05, 0) is 6.42 Å². The van der Waals surface area contributed by atoms with Crippen LogP contribution in [-0.2, 0) is 4.79 Å². The Bertz CT molecular complexity index is 118. The van der Waals surface area contributed by atoms with Crippen molar-refractivity contribution >= 4 is 5.97 Å². The van der Waals surface area contributed by atoms with E-state index < -0.39 is 5.97 Å². The van der Waals surface area contributed by atoms with Gasteiger partial charge in [-0.15, -0.1) is 0 Å². The molecule has 0 unspecified atom stereocenters. The summed E-state index contributed by atoms with van der Waals surface area (Å²) in [6, 6.07) is 0. The molecule has 0 aromatic carbocycles. The van der Waals surface area contributed by atoms with E-state index in [1.54, 1.807) is 0 Å². The van der Waals surface area contributed by atoms with E-state index in [2.05, 4.69) is 5.73 Å². The standard InChI is InChI=1S/C5H9NO2.ClH/c6-2-3-1-4(3)5(7)8;/h3-4H,1-2,6H2,(H,7,8);1H/t3-,4-;/m1./s1. The largest absolute Gasteiger partial charge is 1.00 e. The van der Waals surface area contributed by atoms with E-state index in [0.717, 1.165) is 13.0 Å². The Balaban J connectivity index is 0.000000640. The molecule has 0 amide bonds. The molecule has 0 aromatic heterocycles. The molecule has 1 fully saturated rings. The number of hydrogen-bond donors (Lipinski definition) is 2. The first kappa shape index (κ1) is 8.72. The van der Waals surface area contributed by atoms with Gasteiger partial charge in [0.05, 0.1) is 12.5 Å². The maximum Gasteiger partial charge on any atom is 0.307 e. The zero-order valence-electron chi connectivity index (χ0n) is 5.01. The Morgan fingerprint density at radius 1 is 1.78 bits per heavy atom. The summed E-state index contributed by atoms with van der Waals surface area (Å²) in [5.41, 5.74) is 3.62. The summed E-state index contributed by atoms with van der Waals surface area (Å²) in [5.74, 6) is -0.335. The number of carboxylic acid groups (broad SMARTS) is 1. The SMILES string of the molecule is [Cl-].[NH3+]C[C@H]1C[C@H]1C(=O)O. The van der Waals surface area contributed by atoms with Gasteiger partial charge < -0.3 is 23.2 Å². The summed E-state index contributed by atoms with van der Waals surface area (Å²) in [6.45, 7) is 0.775. The van der Waals surface area contributed by atoms with Crippen molar-refractivity contribution in [3.63, 3.8) is 0 Å². The molecular formula is C5H10ClNO2. The van der Waals surface area contributed by atoms with Gasteiger partial charge >= 0.3 is 5.97 Å². The smallest absolute Gasteiger partial charge is 0.307 e. The topological polar surface area (TPSA) is 64.9 Å². The molecule has 2 atom stereocenters. The summed E-state index contributed by atoms with van der Waals surface area (Å²) in [4.78, 5) is 10.1. The highest BCUT2D eigenvalue weighted by Gasteiger charge is 2.43. The number of carboxylic acids is 1. The van der Waals surface area contributed by atoms with E-state index in [1.807, 2.05) is 0 Å². The highest BCUT2D eigenvalue weighted by molar-refractivity contribution is 5.73. The van der Waals surface area contributed by atoms with Gasteiger partial charge in [-0.25, -0.2) is 0 Å². The van der Waals surface area contributed by atoms with Crippen LogP contribution in [0.25, 0.3) is 0 Å². The molecule has 1 rings (SSSR count). The summed E-state index contributed by atoms with van der Waals surface area (Å²) in [7, 11) is 0. The summed E-state index contributed by atoms with van der Waals surface area (Å²) < 4.78 is 0. The lowest BCUT2D eigenvalue weighted by molar-refractivity contribution is -0.373. The van der Waals surface area contributed by atoms with Crippen molar-refractivity contribution in [3.8, 4) is 0 Å². The average Bonchev–Trinajstić information content (AvgIpc) is 2.42. The first-order chi connectivity index (χ1) is 3.75. The first-order valence-corrected chi connectivity index (χ1v) is 2.77. The molecule has 0 aliphatic heterocycles. The molecule has 9 heavy (non-hydrogen) atoms. The highest BCUT2D eigenvalue weighted by atomic mass is 35.5. The number of halogens is 1. The number of aliphatic carboxylic acids is 1.